The lowest BCUT2D eigenvalue weighted by Crippen LogP contribution is -2.40. The molecule has 0 spiro atoms. The fourth-order valence-corrected chi connectivity index (χ4v) is 2.91. The molecular formula is C16H17NO5. The number of hydrogen-bond acceptors (Lipinski definition) is 5. The van der Waals surface area contributed by atoms with Crippen molar-refractivity contribution < 1.29 is 19.1 Å². The highest BCUT2D eigenvalue weighted by atomic mass is 16.6. The van der Waals surface area contributed by atoms with Crippen LogP contribution in [0.3, 0.4) is 0 Å². The van der Waals surface area contributed by atoms with Crippen LogP contribution in [0.4, 0.5) is 0 Å². The number of nitrogens with zero attached hydrogens (tertiary/aromatic N) is 1. The normalized spacial score (nSPS) is 20.1. The van der Waals surface area contributed by atoms with Gasteiger partial charge in [-0.1, -0.05) is 6.07 Å². The van der Waals surface area contributed by atoms with Gasteiger partial charge in [0.2, 0.25) is 0 Å². The van der Waals surface area contributed by atoms with E-state index in [1.165, 1.54) is 0 Å². The molecule has 1 aliphatic rings. The number of methoxy groups -OCH3 is 2. The van der Waals surface area contributed by atoms with Crippen molar-refractivity contribution >= 4 is 10.8 Å². The second-order valence-corrected chi connectivity index (χ2v) is 5.35. The average Bonchev–Trinajstić information content (AvgIpc) is 2.52. The van der Waals surface area contributed by atoms with Crippen molar-refractivity contribution in [3.63, 3.8) is 0 Å². The summed E-state index contributed by atoms with van der Waals surface area (Å²) < 4.78 is 16.4. The SMILES string of the molecule is COc1cc2ccc3c(c2cc1OC)CC([N+](=O)[O-])C(C)O3. The Balaban J connectivity index is 2.19. The van der Waals surface area contributed by atoms with E-state index in [0.717, 1.165) is 16.3 Å². The first-order valence-electron chi connectivity index (χ1n) is 7.03. The van der Waals surface area contributed by atoms with Crippen LogP contribution in [0.25, 0.3) is 10.8 Å². The highest BCUT2D eigenvalue weighted by molar-refractivity contribution is 5.91. The molecule has 0 radical (unpaired) electrons. The molecule has 2 aromatic carbocycles. The lowest BCUT2D eigenvalue weighted by Gasteiger charge is -2.27. The van der Waals surface area contributed by atoms with Gasteiger partial charge in [-0.05, 0) is 35.9 Å². The predicted molar refractivity (Wildman–Crippen MR) is 81.6 cm³/mol. The molecule has 6 heteroatoms. The molecule has 0 bridgehead atoms. The molecule has 1 heterocycles. The molecule has 2 atom stereocenters. The number of nitro groups is 1. The van der Waals surface area contributed by atoms with Gasteiger partial charge in [0.15, 0.2) is 17.6 Å². The zero-order valence-corrected chi connectivity index (χ0v) is 12.7. The summed E-state index contributed by atoms with van der Waals surface area (Å²) in [4.78, 5) is 10.9. The van der Waals surface area contributed by atoms with Gasteiger partial charge in [-0.3, -0.25) is 10.1 Å². The molecule has 1 aliphatic heterocycles. The van der Waals surface area contributed by atoms with E-state index in [2.05, 4.69) is 0 Å². The fourth-order valence-electron chi connectivity index (χ4n) is 2.91. The predicted octanol–water partition coefficient (Wildman–Crippen LogP) is 2.83. The van der Waals surface area contributed by atoms with E-state index in [4.69, 9.17) is 14.2 Å². The molecular weight excluding hydrogens is 286 g/mol. The van der Waals surface area contributed by atoms with E-state index in [-0.39, 0.29) is 4.92 Å². The Morgan fingerprint density at radius 1 is 1.23 bits per heavy atom. The van der Waals surface area contributed by atoms with E-state index in [9.17, 15) is 10.1 Å². The van der Waals surface area contributed by atoms with Crippen molar-refractivity contribution in [1.29, 1.82) is 0 Å². The van der Waals surface area contributed by atoms with Crippen molar-refractivity contribution in [2.75, 3.05) is 14.2 Å². The van der Waals surface area contributed by atoms with Gasteiger partial charge in [0.05, 0.1) is 14.2 Å². The van der Waals surface area contributed by atoms with Crippen LogP contribution in [0.2, 0.25) is 0 Å². The lowest BCUT2D eigenvalue weighted by molar-refractivity contribution is -0.533. The van der Waals surface area contributed by atoms with Crippen LogP contribution < -0.4 is 14.2 Å². The Labute approximate surface area is 127 Å². The Hall–Kier alpha value is -2.50. The molecule has 3 rings (SSSR count). The summed E-state index contributed by atoms with van der Waals surface area (Å²) in [6, 6.07) is 6.76. The standard InChI is InChI=1S/C16H17NO5/c1-9-13(17(18)19)7-12-11-8-16(21-3)15(20-2)6-10(11)4-5-14(12)22-9/h4-6,8-9,13H,7H2,1-3H3. The number of hydrogen-bond donors (Lipinski definition) is 0. The van der Waals surface area contributed by atoms with E-state index in [1.54, 1.807) is 21.1 Å². The molecule has 116 valence electrons. The van der Waals surface area contributed by atoms with Crippen molar-refractivity contribution in [2.24, 2.45) is 0 Å². The largest absolute Gasteiger partial charge is 0.493 e. The van der Waals surface area contributed by atoms with E-state index < -0.39 is 12.1 Å². The van der Waals surface area contributed by atoms with Crippen LogP contribution in [-0.4, -0.2) is 31.3 Å². The number of fused-ring (bicyclic) bond motifs is 3. The highest BCUT2D eigenvalue weighted by Gasteiger charge is 2.36. The minimum Gasteiger partial charge on any atom is -0.493 e. The first-order chi connectivity index (χ1) is 10.5. The van der Waals surface area contributed by atoms with Gasteiger partial charge in [0.25, 0.3) is 6.04 Å². The molecule has 0 saturated heterocycles. The number of benzene rings is 2. The third kappa shape index (κ3) is 2.20. The van der Waals surface area contributed by atoms with Gasteiger partial charge < -0.3 is 14.2 Å². The first kappa shape index (κ1) is 14.4. The summed E-state index contributed by atoms with van der Waals surface area (Å²) >= 11 is 0. The fraction of sp³-hybridized carbons (Fsp3) is 0.375. The van der Waals surface area contributed by atoms with Crippen LogP contribution in [0.1, 0.15) is 12.5 Å². The molecule has 0 aliphatic carbocycles. The third-order valence-electron chi connectivity index (χ3n) is 4.13. The van der Waals surface area contributed by atoms with Crippen molar-refractivity contribution in [1.82, 2.24) is 0 Å². The molecule has 0 fully saturated rings. The molecule has 22 heavy (non-hydrogen) atoms. The Morgan fingerprint density at radius 3 is 2.55 bits per heavy atom. The smallest absolute Gasteiger partial charge is 0.253 e. The monoisotopic (exact) mass is 303 g/mol. The molecule has 0 amide bonds. The average molecular weight is 303 g/mol. The Morgan fingerprint density at radius 2 is 1.91 bits per heavy atom. The third-order valence-corrected chi connectivity index (χ3v) is 4.13. The maximum atomic E-state index is 11.2. The Kier molecular flexibility index (Phi) is 3.52. The van der Waals surface area contributed by atoms with E-state index >= 15 is 0 Å². The summed E-state index contributed by atoms with van der Waals surface area (Å²) in [6.07, 6.45) is -0.101. The summed E-state index contributed by atoms with van der Waals surface area (Å²) in [6.45, 7) is 1.73. The lowest BCUT2D eigenvalue weighted by atomic mass is 9.93. The van der Waals surface area contributed by atoms with Gasteiger partial charge in [-0.25, -0.2) is 0 Å². The zero-order valence-electron chi connectivity index (χ0n) is 12.7. The van der Waals surface area contributed by atoms with Crippen LogP contribution in [0.5, 0.6) is 17.2 Å². The van der Waals surface area contributed by atoms with Crippen LogP contribution in [0.15, 0.2) is 24.3 Å². The zero-order chi connectivity index (χ0) is 15.9. The van der Waals surface area contributed by atoms with Crippen LogP contribution in [-0.2, 0) is 6.42 Å². The number of rotatable bonds is 3. The van der Waals surface area contributed by atoms with Crippen molar-refractivity contribution in [3.8, 4) is 17.2 Å². The minimum atomic E-state index is -0.744. The van der Waals surface area contributed by atoms with Gasteiger partial charge in [0, 0.05) is 16.9 Å². The quantitative estimate of drug-likeness (QED) is 0.644. The topological polar surface area (TPSA) is 70.8 Å². The van der Waals surface area contributed by atoms with Gasteiger partial charge in [0.1, 0.15) is 5.75 Å². The Bertz CT molecular complexity index is 743. The van der Waals surface area contributed by atoms with Crippen molar-refractivity contribution in [3.05, 3.63) is 39.9 Å². The van der Waals surface area contributed by atoms with Gasteiger partial charge >= 0.3 is 0 Å². The van der Waals surface area contributed by atoms with Crippen LogP contribution in [0, 0.1) is 10.1 Å². The molecule has 0 aromatic heterocycles. The molecule has 2 aromatic rings. The van der Waals surface area contributed by atoms with E-state index in [0.29, 0.717) is 23.7 Å². The number of ether oxygens (including phenoxy) is 3. The van der Waals surface area contributed by atoms with Gasteiger partial charge in [-0.15, -0.1) is 0 Å². The van der Waals surface area contributed by atoms with Gasteiger partial charge in [-0.2, -0.15) is 0 Å². The second-order valence-electron chi connectivity index (χ2n) is 5.35. The van der Waals surface area contributed by atoms with E-state index in [1.807, 2.05) is 24.3 Å². The summed E-state index contributed by atoms with van der Waals surface area (Å²) in [5, 5.41) is 13.1. The van der Waals surface area contributed by atoms with Crippen molar-refractivity contribution in [2.45, 2.75) is 25.5 Å². The highest BCUT2D eigenvalue weighted by Crippen LogP contribution is 2.39. The molecule has 2 unspecified atom stereocenters. The first-order valence-corrected chi connectivity index (χ1v) is 7.03. The molecule has 0 saturated carbocycles. The maximum absolute atomic E-state index is 11.2. The summed E-state index contributed by atoms with van der Waals surface area (Å²) in [7, 11) is 3.15. The second kappa shape index (κ2) is 5.36. The molecule has 6 nitrogen and oxygen atoms in total. The minimum absolute atomic E-state index is 0.271. The molecule has 0 N–H and O–H groups in total. The maximum Gasteiger partial charge on any atom is 0.253 e. The van der Waals surface area contributed by atoms with Crippen LogP contribution >= 0.6 is 0 Å². The summed E-state index contributed by atoms with van der Waals surface area (Å²) in [5.41, 5.74) is 0.846. The summed E-state index contributed by atoms with van der Waals surface area (Å²) in [5.74, 6) is 1.93.